The zero-order valence-electron chi connectivity index (χ0n) is 22.5. The van der Waals surface area contributed by atoms with Gasteiger partial charge in [-0.3, -0.25) is 9.59 Å². The van der Waals surface area contributed by atoms with Gasteiger partial charge in [0.15, 0.2) is 0 Å². The fourth-order valence-electron chi connectivity index (χ4n) is 1.91. The van der Waals surface area contributed by atoms with E-state index >= 15 is 0 Å². The molecule has 0 atom stereocenters. The smallest absolute Gasteiger partial charge is 0.302 e. The molecular weight excluding hydrogens is 376 g/mol. The number of hydrogen-bond donors (Lipinski definition) is 0. The van der Waals surface area contributed by atoms with E-state index in [4.69, 9.17) is 0 Å². The first-order chi connectivity index (χ1) is 14.3. The number of unbranched alkanes of at least 4 members (excludes halogenated alkanes) is 9. The van der Waals surface area contributed by atoms with Crippen LogP contribution in [0.2, 0.25) is 0 Å². The van der Waals surface area contributed by atoms with Gasteiger partial charge in [-0.05, 0) is 13.8 Å². The third-order valence-corrected chi connectivity index (χ3v) is 3.57. The number of carbonyl (C=O) groups excluding carboxylic acids is 2. The van der Waals surface area contributed by atoms with Crippen LogP contribution in [-0.2, 0) is 19.1 Å². The molecule has 4 nitrogen and oxygen atoms in total. The predicted octanol–water partition coefficient (Wildman–Crippen LogP) is 8.90. The molecular formula is C26H58O4. The fraction of sp³-hybridized carbons (Fsp3) is 0.923. The Labute approximate surface area is 190 Å². The van der Waals surface area contributed by atoms with Crippen LogP contribution in [0.15, 0.2) is 0 Å². The van der Waals surface area contributed by atoms with Gasteiger partial charge in [-0.1, -0.05) is 119 Å². The Morgan fingerprint density at radius 3 is 0.633 bits per heavy atom. The molecule has 0 amide bonds. The highest BCUT2D eigenvalue weighted by Crippen LogP contribution is 1.96. The molecule has 0 aliphatic heterocycles. The molecule has 0 fully saturated rings. The summed E-state index contributed by atoms with van der Waals surface area (Å²) in [6, 6.07) is 0. The molecule has 186 valence electrons. The highest BCUT2D eigenvalue weighted by Gasteiger charge is 1.82. The first-order valence-electron chi connectivity index (χ1n) is 12.6. The molecule has 0 spiro atoms. The maximum atomic E-state index is 9.82. The Morgan fingerprint density at radius 1 is 0.433 bits per heavy atom. The minimum absolute atomic E-state index is 0.211. The second-order valence-corrected chi connectivity index (χ2v) is 6.97. The zero-order chi connectivity index (χ0) is 24.5. The van der Waals surface area contributed by atoms with Gasteiger partial charge < -0.3 is 9.47 Å². The van der Waals surface area contributed by atoms with Crippen LogP contribution in [0.5, 0.6) is 0 Å². The van der Waals surface area contributed by atoms with Gasteiger partial charge in [-0.2, -0.15) is 0 Å². The quantitative estimate of drug-likeness (QED) is 0.240. The lowest BCUT2D eigenvalue weighted by Crippen LogP contribution is -1.95. The van der Waals surface area contributed by atoms with Crippen LogP contribution in [0.1, 0.15) is 146 Å². The fourth-order valence-corrected chi connectivity index (χ4v) is 1.91. The SMILES string of the molecule is CCCCCC.CCCCCC.CCCCCC.CCOC(C)=O.CCOC(C)=O. The first kappa shape index (κ1) is 39.4. The van der Waals surface area contributed by atoms with Crippen molar-refractivity contribution >= 4 is 11.9 Å². The summed E-state index contributed by atoms with van der Waals surface area (Å²) in [5.41, 5.74) is 0. The lowest BCUT2D eigenvalue weighted by Gasteiger charge is -1.89. The van der Waals surface area contributed by atoms with Crippen LogP contribution in [-0.4, -0.2) is 25.2 Å². The van der Waals surface area contributed by atoms with E-state index in [9.17, 15) is 9.59 Å². The van der Waals surface area contributed by atoms with E-state index in [0.29, 0.717) is 13.2 Å². The van der Waals surface area contributed by atoms with E-state index in [1.807, 2.05) is 0 Å². The summed E-state index contributed by atoms with van der Waals surface area (Å²) in [5.74, 6) is -0.421. The van der Waals surface area contributed by atoms with Gasteiger partial charge in [0, 0.05) is 13.8 Å². The third kappa shape index (κ3) is 93.3. The molecule has 0 radical (unpaired) electrons. The second-order valence-electron chi connectivity index (χ2n) is 6.97. The Morgan fingerprint density at radius 2 is 0.600 bits per heavy atom. The molecule has 30 heavy (non-hydrogen) atoms. The van der Waals surface area contributed by atoms with Crippen molar-refractivity contribution in [3.8, 4) is 0 Å². The topological polar surface area (TPSA) is 52.6 Å². The average molecular weight is 435 g/mol. The molecule has 0 aromatic carbocycles. The van der Waals surface area contributed by atoms with Gasteiger partial charge in [-0.25, -0.2) is 0 Å². The minimum Gasteiger partial charge on any atom is -0.466 e. The lowest BCUT2D eigenvalue weighted by molar-refractivity contribution is -0.141. The van der Waals surface area contributed by atoms with E-state index in [1.165, 1.54) is 90.9 Å². The van der Waals surface area contributed by atoms with Gasteiger partial charge in [-0.15, -0.1) is 0 Å². The summed E-state index contributed by atoms with van der Waals surface area (Å²) in [5, 5.41) is 0. The molecule has 0 aliphatic rings. The van der Waals surface area contributed by atoms with Gasteiger partial charge in [0.1, 0.15) is 0 Å². The van der Waals surface area contributed by atoms with Crippen molar-refractivity contribution < 1.29 is 19.1 Å². The molecule has 0 rings (SSSR count). The number of carbonyl (C=O) groups is 2. The van der Waals surface area contributed by atoms with E-state index in [2.05, 4.69) is 51.0 Å². The van der Waals surface area contributed by atoms with Crippen molar-refractivity contribution in [2.24, 2.45) is 0 Å². The highest BCUT2D eigenvalue weighted by molar-refractivity contribution is 5.66. The molecule has 0 heterocycles. The van der Waals surface area contributed by atoms with Crippen molar-refractivity contribution in [3.05, 3.63) is 0 Å². The van der Waals surface area contributed by atoms with Crippen molar-refractivity contribution in [2.45, 2.75) is 146 Å². The summed E-state index contributed by atoms with van der Waals surface area (Å²) < 4.78 is 8.81. The number of hydrogen-bond acceptors (Lipinski definition) is 4. The summed E-state index contributed by atoms with van der Waals surface area (Å²) in [6.07, 6.45) is 16.6. The standard InChI is InChI=1S/3C6H14.2C4H8O2/c3*1-3-5-6-4-2;2*1-3-6-4(2)5/h3*3-6H2,1-2H3;2*3H2,1-2H3. The van der Waals surface area contributed by atoms with E-state index in [-0.39, 0.29) is 11.9 Å². The van der Waals surface area contributed by atoms with Crippen LogP contribution >= 0.6 is 0 Å². The second kappa shape index (κ2) is 46.2. The lowest BCUT2D eigenvalue weighted by atomic mass is 10.2. The summed E-state index contributed by atoms with van der Waals surface area (Å²) in [4.78, 5) is 19.6. The van der Waals surface area contributed by atoms with Crippen molar-refractivity contribution in [2.75, 3.05) is 13.2 Å². The predicted molar refractivity (Wildman–Crippen MR) is 134 cm³/mol. The van der Waals surface area contributed by atoms with E-state index < -0.39 is 0 Å². The minimum atomic E-state index is -0.211. The number of rotatable bonds is 11. The largest absolute Gasteiger partial charge is 0.466 e. The monoisotopic (exact) mass is 434 g/mol. The van der Waals surface area contributed by atoms with Crippen LogP contribution in [0.25, 0.3) is 0 Å². The van der Waals surface area contributed by atoms with Gasteiger partial charge in [0.25, 0.3) is 0 Å². The Balaban J connectivity index is -0.0000000868. The summed E-state index contributed by atoms with van der Waals surface area (Å²) in [7, 11) is 0. The molecule has 0 aromatic heterocycles. The molecule has 0 bridgehead atoms. The van der Waals surface area contributed by atoms with Gasteiger partial charge in [0.05, 0.1) is 13.2 Å². The molecule has 0 saturated heterocycles. The van der Waals surface area contributed by atoms with Gasteiger partial charge in [0.2, 0.25) is 0 Å². The third-order valence-electron chi connectivity index (χ3n) is 3.57. The molecule has 0 N–H and O–H groups in total. The molecule has 4 heteroatoms. The molecule has 0 unspecified atom stereocenters. The van der Waals surface area contributed by atoms with Crippen molar-refractivity contribution in [1.29, 1.82) is 0 Å². The van der Waals surface area contributed by atoms with Gasteiger partial charge >= 0.3 is 11.9 Å². The maximum Gasteiger partial charge on any atom is 0.302 e. The van der Waals surface area contributed by atoms with Crippen LogP contribution < -0.4 is 0 Å². The highest BCUT2D eigenvalue weighted by atomic mass is 16.5. The average Bonchev–Trinajstić information content (AvgIpc) is 2.70. The molecule has 0 aromatic rings. The van der Waals surface area contributed by atoms with Crippen LogP contribution in [0.3, 0.4) is 0 Å². The van der Waals surface area contributed by atoms with Crippen molar-refractivity contribution in [3.63, 3.8) is 0 Å². The Bertz CT molecular complexity index is 231. The number of esters is 2. The van der Waals surface area contributed by atoms with E-state index in [1.54, 1.807) is 13.8 Å². The summed E-state index contributed by atoms with van der Waals surface area (Å²) in [6.45, 7) is 20.7. The van der Waals surface area contributed by atoms with Crippen LogP contribution in [0.4, 0.5) is 0 Å². The van der Waals surface area contributed by atoms with Crippen LogP contribution in [0, 0.1) is 0 Å². The number of ether oxygens (including phenoxy) is 2. The first-order valence-corrected chi connectivity index (χ1v) is 12.6. The maximum absolute atomic E-state index is 9.82. The molecule has 0 saturated carbocycles. The Kier molecular flexibility index (Phi) is 60.8. The summed E-state index contributed by atoms with van der Waals surface area (Å²) >= 11 is 0. The zero-order valence-corrected chi connectivity index (χ0v) is 22.5. The molecule has 0 aliphatic carbocycles. The van der Waals surface area contributed by atoms with Crippen molar-refractivity contribution in [1.82, 2.24) is 0 Å². The normalized spacial score (nSPS) is 8.47. The van der Waals surface area contributed by atoms with E-state index in [0.717, 1.165) is 0 Å². The Hall–Kier alpha value is -1.06.